The van der Waals surface area contributed by atoms with Crippen LogP contribution in [-0.4, -0.2) is 72.3 Å². The van der Waals surface area contributed by atoms with Gasteiger partial charge in [-0.05, 0) is 44.5 Å². The van der Waals surface area contributed by atoms with Gasteiger partial charge in [0.1, 0.15) is 0 Å². The maximum absolute atomic E-state index is 9.00. The molecule has 11 nitrogen and oxygen atoms in total. The highest BCUT2D eigenvalue weighted by Gasteiger charge is 2.22. The number of nitrogens with two attached hydrogens (primary N) is 1. The van der Waals surface area contributed by atoms with Gasteiger partial charge < -0.3 is 30.0 Å². The number of benzene rings is 2. The average Bonchev–Trinajstić information content (AvgIpc) is 3.25. The van der Waals surface area contributed by atoms with Gasteiger partial charge in [-0.1, -0.05) is 0 Å². The molecule has 0 aliphatic carbocycles. The van der Waals surface area contributed by atoms with E-state index < -0.39 is 0 Å². The van der Waals surface area contributed by atoms with Crippen molar-refractivity contribution in [3.63, 3.8) is 0 Å². The second-order valence-electron chi connectivity index (χ2n) is 8.92. The Morgan fingerprint density at radius 2 is 1.76 bits per heavy atom. The fourth-order valence-corrected chi connectivity index (χ4v) is 4.40. The number of nitrogens with one attached hydrogen (secondary N) is 1. The maximum Gasteiger partial charge on any atom is 0.248 e. The molecule has 0 amide bonds. The monoisotopic (exact) mass is 507 g/mol. The minimum absolute atomic E-state index is 0.204. The molecule has 1 aliphatic rings. The van der Waals surface area contributed by atoms with E-state index in [4.69, 9.17) is 29.9 Å². The molecule has 1 fully saturated rings. The van der Waals surface area contributed by atoms with Crippen molar-refractivity contribution in [2.45, 2.75) is 32.5 Å². The Bertz CT molecular complexity index is 1200. The smallest absolute Gasteiger partial charge is 0.248 e. The van der Waals surface area contributed by atoms with E-state index >= 15 is 0 Å². The number of morpholine rings is 1. The molecule has 2 aromatic carbocycles. The van der Waals surface area contributed by atoms with Gasteiger partial charge in [0, 0.05) is 37.5 Å². The summed E-state index contributed by atoms with van der Waals surface area (Å²) in [5.74, 6) is 2.09. The number of methoxy groups -OCH3 is 2. The summed E-state index contributed by atoms with van der Waals surface area (Å²) in [5, 5.41) is 16.6. The number of aromatic nitrogens is 3. The summed E-state index contributed by atoms with van der Waals surface area (Å²) in [7, 11) is 3.16. The molecular formula is C26H33N7O4. The molecule has 196 valence electrons. The van der Waals surface area contributed by atoms with Crippen molar-refractivity contribution in [3.8, 4) is 29.0 Å². The third-order valence-corrected chi connectivity index (χ3v) is 5.95. The lowest BCUT2D eigenvalue weighted by atomic mass is 10.2. The molecule has 2 heterocycles. The molecule has 11 heteroatoms. The molecule has 2 unspecified atom stereocenters. The molecule has 2 atom stereocenters. The first kappa shape index (κ1) is 26.1. The van der Waals surface area contributed by atoms with E-state index in [1.165, 1.54) is 4.68 Å². The van der Waals surface area contributed by atoms with Crippen LogP contribution < -0.4 is 25.3 Å². The largest absolute Gasteiger partial charge is 0.493 e. The van der Waals surface area contributed by atoms with E-state index in [2.05, 4.69) is 40.2 Å². The van der Waals surface area contributed by atoms with E-state index in [-0.39, 0.29) is 18.2 Å². The number of ether oxygens (including phenoxy) is 4. The van der Waals surface area contributed by atoms with Gasteiger partial charge in [-0.15, -0.1) is 5.10 Å². The van der Waals surface area contributed by atoms with E-state index in [0.717, 1.165) is 26.1 Å². The molecule has 1 aromatic heterocycles. The molecule has 0 saturated carbocycles. The number of hydrogen-bond acceptors (Lipinski definition) is 10. The Morgan fingerprint density at radius 1 is 1.11 bits per heavy atom. The SMILES string of the molecule is COc1cc(Nc2nc(N)n(-c3ccc(C#N)cc3)n2)cc(OC)c1OCCCN1CC(C)OC(C)C1. The van der Waals surface area contributed by atoms with Gasteiger partial charge in [-0.2, -0.15) is 14.9 Å². The van der Waals surface area contributed by atoms with Crippen LogP contribution in [0.25, 0.3) is 5.69 Å². The number of nitrogen functional groups attached to an aromatic ring is 1. The molecule has 0 bridgehead atoms. The first-order valence-corrected chi connectivity index (χ1v) is 12.2. The summed E-state index contributed by atoms with van der Waals surface area (Å²) in [6, 6.07) is 12.6. The number of nitrogens with zero attached hydrogens (tertiary/aromatic N) is 5. The highest BCUT2D eigenvalue weighted by atomic mass is 16.5. The number of rotatable bonds is 10. The molecule has 37 heavy (non-hydrogen) atoms. The van der Waals surface area contributed by atoms with Crippen LogP contribution in [-0.2, 0) is 4.74 Å². The van der Waals surface area contributed by atoms with Crippen LogP contribution in [0.3, 0.4) is 0 Å². The quantitative estimate of drug-likeness (QED) is 0.394. The van der Waals surface area contributed by atoms with E-state index in [1.54, 1.807) is 50.6 Å². The van der Waals surface area contributed by atoms with Crippen LogP contribution in [0.4, 0.5) is 17.6 Å². The van der Waals surface area contributed by atoms with Crippen LogP contribution in [0.2, 0.25) is 0 Å². The second-order valence-corrected chi connectivity index (χ2v) is 8.92. The molecule has 1 saturated heterocycles. The summed E-state index contributed by atoms with van der Waals surface area (Å²) < 4.78 is 24.6. The van der Waals surface area contributed by atoms with Crippen molar-refractivity contribution in [2.75, 3.05) is 51.5 Å². The van der Waals surface area contributed by atoms with E-state index in [9.17, 15) is 0 Å². The lowest BCUT2D eigenvalue weighted by Crippen LogP contribution is -2.45. The minimum atomic E-state index is 0.204. The lowest BCUT2D eigenvalue weighted by molar-refractivity contribution is -0.0686. The Morgan fingerprint density at radius 3 is 2.35 bits per heavy atom. The van der Waals surface area contributed by atoms with Crippen LogP contribution >= 0.6 is 0 Å². The third-order valence-electron chi connectivity index (χ3n) is 5.95. The topological polar surface area (TPSA) is 133 Å². The average molecular weight is 508 g/mol. The third kappa shape index (κ3) is 6.41. The van der Waals surface area contributed by atoms with Gasteiger partial charge in [-0.3, -0.25) is 4.90 Å². The van der Waals surface area contributed by atoms with Crippen molar-refractivity contribution in [1.29, 1.82) is 5.26 Å². The summed E-state index contributed by atoms with van der Waals surface area (Å²) in [4.78, 5) is 6.70. The highest BCUT2D eigenvalue weighted by molar-refractivity contribution is 5.66. The number of hydrogen-bond donors (Lipinski definition) is 2. The normalized spacial score (nSPS) is 17.7. The van der Waals surface area contributed by atoms with Crippen molar-refractivity contribution in [2.24, 2.45) is 0 Å². The zero-order chi connectivity index (χ0) is 26.4. The van der Waals surface area contributed by atoms with Crippen molar-refractivity contribution in [1.82, 2.24) is 19.7 Å². The fourth-order valence-electron chi connectivity index (χ4n) is 4.40. The molecule has 4 rings (SSSR count). The summed E-state index contributed by atoms with van der Waals surface area (Å²) in [5.41, 5.74) is 7.96. The summed E-state index contributed by atoms with van der Waals surface area (Å²) in [6.45, 7) is 7.51. The molecule has 0 radical (unpaired) electrons. The fraction of sp³-hybridized carbons (Fsp3) is 0.423. The highest BCUT2D eigenvalue weighted by Crippen LogP contribution is 2.41. The first-order chi connectivity index (χ1) is 17.9. The van der Waals surface area contributed by atoms with Crippen LogP contribution in [0, 0.1) is 11.3 Å². The van der Waals surface area contributed by atoms with Gasteiger partial charge >= 0.3 is 0 Å². The minimum Gasteiger partial charge on any atom is -0.493 e. The maximum atomic E-state index is 9.00. The lowest BCUT2D eigenvalue weighted by Gasteiger charge is -2.35. The zero-order valence-electron chi connectivity index (χ0n) is 21.6. The predicted octanol–water partition coefficient (Wildman–Crippen LogP) is 3.36. The van der Waals surface area contributed by atoms with Crippen LogP contribution in [0.15, 0.2) is 36.4 Å². The van der Waals surface area contributed by atoms with Crippen molar-refractivity contribution < 1.29 is 18.9 Å². The molecular weight excluding hydrogens is 474 g/mol. The Kier molecular flexibility index (Phi) is 8.32. The Labute approximate surface area is 216 Å². The Balaban J connectivity index is 1.43. The zero-order valence-corrected chi connectivity index (χ0v) is 21.6. The van der Waals surface area contributed by atoms with Gasteiger partial charge in [-0.25, -0.2) is 0 Å². The van der Waals surface area contributed by atoms with Gasteiger partial charge in [0.15, 0.2) is 11.5 Å². The first-order valence-electron chi connectivity index (χ1n) is 12.2. The number of anilines is 3. The van der Waals surface area contributed by atoms with Gasteiger partial charge in [0.05, 0.1) is 50.4 Å². The van der Waals surface area contributed by atoms with E-state index in [0.29, 0.717) is 46.7 Å². The molecule has 3 N–H and O–H groups in total. The molecule has 3 aromatic rings. The van der Waals surface area contributed by atoms with Crippen molar-refractivity contribution >= 4 is 17.6 Å². The van der Waals surface area contributed by atoms with Crippen LogP contribution in [0.5, 0.6) is 17.2 Å². The van der Waals surface area contributed by atoms with Gasteiger partial charge in [0.25, 0.3) is 0 Å². The summed E-state index contributed by atoms with van der Waals surface area (Å²) in [6.07, 6.45) is 1.34. The summed E-state index contributed by atoms with van der Waals surface area (Å²) >= 11 is 0. The number of nitriles is 1. The van der Waals surface area contributed by atoms with Crippen LogP contribution in [0.1, 0.15) is 25.8 Å². The second kappa shape index (κ2) is 11.8. The predicted molar refractivity (Wildman–Crippen MR) is 140 cm³/mol. The van der Waals surface area contributed by atoms with Crippen molar-refractivity contribution in [3.05, 3.63) is 42.0 Å². The Hall–Kier alpha value is -4.01. The standard InChI is InChI=1S/C26H33N7O4/c1-17-15-32(16-18(2)37-17)10-5-11-36-24-22(34-3)12-20(13-23(24)35-4)29-26-30-25(28)33(31-26)21-8-6-19(14-27)7-9-21/h6-9,12-13,17-18H,5,10-11,15-16H2,1-4H3,(H3,28,29,30,31). The van der Waals surface area contributed by atoms with E-state index in [1.807, 2.05) is 0 Å². The van der Waals surface area contributed by atoms with Gasteiger partial charge in [0.2, 0.25) is 17.6 Å². The molecule has 1 aliphatic heterocycles. The molecule has 0 spiro atoms.